The van der Waals surface area contributed by atoms with Gasteiger partial charge in [-0.3, -0.25) is 4.79 Å². The molecule has 90 valence electrons. The van der Waals surface area contributed by atoms with E-state index in [1.807, 2.05) is 12.2 Å². The van der Waals surface area contributed by atoms with Gasteiger partial charge in [0.05, 0.1) is 5.71 Å². The van der Waals surface area contributed by atoms with Crippen molar-refractivity contribution in [3.8, 4) is 0 Å². The Hall–Kier alpha value is -2.03. The second-order valence-electron chi connectivity index (χ2n) is 4.97. The lowest BCUT2D eigenvalue weighted by Crippen LogP contribution is -2.37. The fraction of sp³-hybridized carbons (Fsp3) is 0.267. The number of rotatable bonds is 1. The normalized spacial score (nSPS) is 20.7. The molecule has 1 amide bonds. The molecular weight excluding hydrogens is 224 g/mol. The molecule has 1 atom stereocenters. The Labute approximate surface area is 105 Å². The first-order valence-corrected chi connectivity index (χ1v) is 6.13. The summed E-state index contributed by atoms with van der Waals surface area (Å²) in [4.78, 5) is 19.6. The quantitative estimate of drug-likeness (QED) is 0.720. The molecule has 0 spiro atoms. The van der Waals surface area contributed by atoms with Gasteiger partial charge in [0.25, 0.3) is 5.91 Å². The molecule has 0 radical (unpaired) electrons. The van der Waals surface area contributed by atoms with Gasteiger partial charge in [-0.15, -0.1) is 0 Å². The topological polar surface area (TPSA) is 41.8 Å². The maximum Gasteiger partial charge on any atom is 0.260 e. The van der Waals surface area contributed by atoms with Crippen LogP contribution >= 0.6 is 0 Å². The fourth-order valence-corrected chi connectivity index (χ4v) is 2.29. The number of carbonyl (C=O) groups excluding carboxylic acids is 1. The van der Waals surface area contributed by atoms with E-state index in [1.54, 1.807) is 0 Å². The van der Waals surface area contributed by atoms with Crippen LogP contribution in [0.2, 0.25) is 0 Å². The predicted octanol–water partition coefficient (Wildman–Crippen LogP) is 1.01. The molecule has 1 unspecified atom stereocenters. The summed E-state index contributed by atoms with van der Waals surface area (Å²) in [6.45, 7) is 4.33. The third-order valence-electron chi connectivity index (χ3n) is 3.40. The first-order valence-electron chi connectivity index (χ1n) is 6.13. The van der Waals surface area contributed by atoms with E-state index in [0.717, 1.165) is 16.1 Å². The molecule has 0 N–H and O–H groups in total. The summed E-state index contributed by atoms with van der Waals surface area (Å²) in [6, 6.07) is 6.38. The van der Waals surface area contributed by atoms with Gasteiger partial charge in [0, 0.05) is 0 Å². The van der Waals surface area contributed by atoms with E-state index in [1.165, 1.54) is 11.9 Å². The van der Waals surface area contributed by atoms with E-state index in [9.17, 15) is 4.79 Å². The van der Waals surface area contributed by atoms with Crippen molar-refractivity contribution in [3.63, 3.8) is 0 Å². The van der Waals surface area contributed by atoms with E-state index < -0.39 is 0 Å². The number of hydrogen-bond donors (Lipinski definition) is 0. The Bertz CT molecular complexity index is 696. The molecule has 2 aliphatic rings. The molecule has 0 saturated carbocycles. The molecule has 0 saturated heterocycles. The summed E-state index contributed by atoms with van der Waals surface area (Å²) in [5, 5.41) is 2.23. The van der Waals surface area contributed by atoms with Crippen molar-refractivity contribution in [1.82, 2.24) is 0 Å². The van der Waals surface area contributed by atoms with Gasteiger partial charge < -0.3 is 0 Å². The number of nitrogens with zero attached hydrogens (tertiary/aromatic N) is 2. The summed E-state index contributed by atoms with van der Waals surface area (Å²) in [5.74, 6) is 0.0561. The van der Waals surface area contributed by atoms with Crippen molar-refractivity contribution < 1.29 is 4.79 Å². The van der Waals surface area contributed by atoms with Crippen LogP contribution in [-0.2, 0) is 4.79 Å². The maximum absolute atomic E-state index is 11.7. The molecule has 3 rings (SSSR count). The molecule has 0 fully saturated rings. The Kier molecular flexibility index (Phi) is 2.47. The highest BCUT2D eigenvalue weighted by molar-refractivity contribution is 6.27. The zero-order chi connectivity index (χ0) is 12.7. The Balaban J connectivity index is 2.21. The minimum absolute atomic E-state index is 0.128. The lowest BCUT2D eigenvalue weighted by atomic mass is 9.92. The second kappa shape index (κ2) is 4.02. The summed E-state index contributed by atoms with van der Waals surface area (Å²) in [6.07, 6.45) is 5.29. The van der Waals surface area contributed by atoms with Crippen LogP contribution in [-0.4, -0.2) is 18.0 Å². The van der Waals surface area contributed by atoms with Crippen LogP contribution in [0.4, 0.5) is 0 Å². The number of hydrogen-bond acceptors (Lipinski definition) is 2. The molecular formula is C15H14N2O. The summed E-state index contributed by atoms with van der Waals surface area (Å²) < 4.78 is 0. The third kappa shape index (κ3) is 1.72. The Morgan fingerprint density at radius 2 is 2.06 bits per heavy atom. The minimum Gasteiger partial charge on any atom is -0.271 e. The smallest absolute Gasteiger partial charge is 0.260 e. The number of benzene rings is 1. The highest BCUT2D eigenvalue weighted by Crippen LogP contribution is 2.14. The lowest BCUT2D eigenvalue weighted by molar-refractivity contribution is -0.118. The summed E-state index contributed by atoms with van der Waals surface area (Å²) in [5.41, 5.74) is 2.07. The van der Waals surface area contributed by atoms with Gasteiger partial charge >= 0.3 is 0 Å². The third-order valence-corrected chi connectivity index (χ3v) is 3.40. The van der Waals surface area contributed by atoms with Crippen LogP contribution in [0, 0.1) is 5.92 Å². The molecule has 1 heterocycles. The van der Waals surface area contributed by atoms with Crippen LogP contribution in [0.25, 0.3) is 12.2 Å². The zero-order valence-corrected chi connectivity index (χ0v) is 10.4. The molecule has 0 bridgehead atoms. The molecule has 1 aliphatic carbocycles. The van der Waals surface area contributed by atoms with E-state index in [-0.39, 0.29) is 11.8 Å². The lowest BCUT2D eigenvalue weighted by Gasteiger charge is -2.16. The molecule has 3 nitrogen and oxygen atoms in total. The molecule has 0 aromatic heterocycles. The SMILES string of the molecule is CC(C)c1ccc2c(c1)=CC1C(=O)N=CN=C1C=2. The average molecular weight is 238 g/mol. The van der Waals surface area contributed by atoms with Gasteiger partial charge in [0.1, 0.15) is 12.3 Å². The average Bonchev–Trinajstić information content (AvgIpc) is 2.36. The van der Waals surface area contributed by atoms with Gasteiger partial charge in [-0.25, -0.2) is 9.98 Å². The van der Waals surface area contributed by atoms with Crippen molar-refractivity contribution in [2.45, 2.75) is 19.8 Å². The Morgan fingerprint density at radius 3 is 2.83 bits per heavy atom. The molecule has 1 aromatic rings. The van der Waals surface area contributed by atoms with Crippen LogP contribution < -0.4 is 10.4 Å². The Morgan fingerprint density at radius 1 is 1.22 bits per heavy atom. The zero-order valence-electron chi connectivity index (χ0n) is 10.4. The van der Waals surface area contributed by atoms with Crippen LogP contribution in [0.3, 0.4) is 0 Å². The van der Waals surface area contributed by atoms with E-state index >= 15 is 0 Å². The summed E-state index contributed by atoms with van der Waals surface area (Å²) >= 11 is 0. The predicted molar refractivity (Wildman–Crippen MR) is 73.1 cm³/mol. The van der Waals surface area contributed by atoms with Gasteiger partial charge in [0.15, 0.2) is 0 Å². The first kappa shape index (κ1) is 11.1. The van der Waals surface area contributed by atoms with Gasteiger partial charge in [-0.1, -0.05) is 38.1 Å². The number of aliphatic imine (C=N–C) groups is 2. The van der Waals surface area contributed by atoms with Crippen molar-refractivity contribution in [3.05, 3.63) is 34.2 Å². The van der Waals surface area contributed by atoms with Crippen molar-refractivity contribution >= 4 is 30.1 Å². The number of amides is 1. The van der Waals surface area contributed by atoms with Crippen LogP contribution in [0.1, 0.15) is 25.3 Å². The largest absolute Gasteiger partial charge is 0.271 e. The van der Waals surface area contributed by atoms with Crippen LogP contribution in [0.5, 0.6) is 0 Å². The monoisotopic (exact) mass is 238 g/mol. The fourth-order valence-electron chi connectivity index (χ4n) is 2.29. The van der Waals surface area contributed by atoms with E-state index in [2.05, 4.69) is 42.0 Å². The first-order chi connectivity index (χ1) is 8.65. The van der Waals surface area contributed by atoms with Crippen LogP contribution in [0.15, 0.2) is 28.2 Å². The van der Waals surface area contributed by atoms with Crippen molar-refractivity contribution in [2.24, 2.45) is 15.9 Å². The number of carbonyl (C=O) groups is 1. The van der Waals surface area contributed by atoms with E-state index in [4.69, 9.17) is 0 Å². The van der Waals surface area contributed by atoms with Gasteiger partial charge in [-0.2, -0.15) is 0 Å². The molecule has 3 heteroatoms. The highest BCUT2D eigenvalue weighted by Gasteiger charge is 2.24. The molecule has 18 heavy (non-hydrogen) atoms. The second-order valence-corrected chi connectivity index (χ2v) is 4.97. The van der Waals surface area contributed by atoms with Crippen molar-refractivity contribution in [2.75, 3.05) is 0 Å². The minimum atomic E-state index is -0.301. The standard InChI is InChI=1S/C15H14N2O/c1-9(2)10-3-4-11-7-14-13(6-12(11)5-10)15(18)17-8-16-14/h3-9,13H,1-2H3. The van der Waals surface area contributed by atoms with Gasteiger partial charge in [-0.05, 0) is 28.0 Å². The van der Waals surface area contributed by atoms with E-state index in [0.29, 0.717) is 5.92 Å². The number of fused-ring (bicyclic) bond motifs is 2. The highest BCUT2D eigenvalue weighted by atomic mass is 16.1. The molecule has 1 aliphatic heterocycles. The summed E-state index contributed by atoms with van der Waals surface area (Å²) in [7, 11) is 0. The maximum atomic E-state index is 11.7. The van der Waals surface area contributed by atoms with Gasteiger partial charge in [0.2, 0.25) is 0 Å². The van der Waals surface area contributed by atoms with Crippen molar-refractivity contribution in [1.29, 1.82) is 0 Å². The molecule has 1 aromatic carbocycles.